The number of rotatable bonds is 2. The number of benzene rings is 1. The molecule has 1 aliphatic rings. The molecule has 0 aromatic heterocycles. The number of hydrogen-bond donors (Lipinski definition) is 0. The Kier molecular flexibility index (Phi) is 3.54. The molecule has 17 heavy (non-hydrogen) atoms. The zero-order chi connectivity index (χ0) is 12.5. The Labute approximate surface area is 103 Å². The van der Waals surface area contributed by atoms with Gasteiger partial charge < -0.3 is 4.74 Å². The lowest BCUT2D eigenvalue weighted by Gasteiger charge is -2.24. The summed E-state index contributed by atoms with van der Waals surface area (Å²) in [6.45, 7) is 6.76. The van der Waals surface area contributed by atoms with Gasteiger partial charge in [0.25, 0.3) is 0 Å². The summed E-state index contributed by atoms with van der Waals surface area (Å²) in [6.07, 6.45) is 0. The maximum Gasteiger partial charge on any atom is 0.134 e. The molecule has 0 saturated carbocycles. The fourth-order valence-corrected chi connectivity index (χ4v) is 3.70. The van der Waals surface area contributed by atoms with Crippen LogP contribution in [0.15, 0.2) is 33.5 Å². The van der Waals surface area contributed by atoms with Gasteiger partial charge in [-0.2, -0.15) is 0 Å². The van der Waals surface area contributed by atoms with Gasteiger partial charge in [-0.15, -0.1) is 0 Å². The normalized spacial score (nSPS) is 29.1. The van der Waals surface area contributed by atoms with Gasteiger partial charge in [-0.05, 0) is 25.0 Å². The highest BCUT2D eigenvalue weighted by molar-refractivity contribution is 7.93. The molecule has 94 valence electrons. The summed E-state index contributed by atoms with van der Waals surface area (Å²) in [5.74, 6) is 0.584. The Balaban J connectivity index is 2.41. The minimum atomic E-state index is -2.38. The van der Waals surface area contributed by atoms with Crippen LogP contribution >= 0.6 is 0 Å². The molecule has 1 unspecified atom stereocenters. The molecule has 0 N–H and O–H groups in total. The molecule has 0 aliphatic carbocycles. The van der Waals surface area contributed by atoms with Gasteiger partial charge in [0.2, 0.25) is 0 Å². The van der Waals surface area contributed by atoms with Crippen LogP contribution in [0.5, 0.6) is 0 Å². The lowest BCUT2D eigenvalue weighted by Crippen LogP contribution is -2.29. The second-order valence-corrected chi connectivity index (χ2v) is 7.06. The van der Waals surface area contributed by atoms with E-state index in [0.717, 1.165) is 10.5 Å². The summed E-state index contributed by atoms with van der Waals surface area (Å²) in [5.41, 5.74) is 1.16. The monoisotopic (exact) mass is 253 g/mol. The highest BCUT2D eigenvalue weighted by Crippen LogP contribution is 2.22. The van der Waals surface area contributed by atoms with Crippen LogP contribution in [0.1, 0.15) is 19.4 Å². The van der Waals surface area contributed by atoms with Gasteiger partial charge in [-0.1, -0.05) is 31.5 Å². The van der Waals surface area contributed by atoms with Gasteiger partial charge in [-0.25, -0.2) is 8.57 Å². The van der Waals surface area contributed by atoms with Gasteiger partial charge in [-0.3, -0.25) is 0 Å². The first-order valence-corrected chi connectivity index (χ1v) is 7.58. The average Bonchev–Trinajstić information content (AvgIpc) is 2.29. The maximum absolute atomic E-state index is 12.7. The lowest BCUT2D eigenvalue weighted by atomic mass is 10.1. The Bertz CT molecular complexity index is 499. The Morgan fingerprint density at radius 3 is 2.59 bits per heavy atom. The summed E-state index contributed by atoms with van der Waals surface area (Å²) < 4.78 is 22.7. The molecule has 1 heterocycles. The fourth-order valence-electron chi connectivity index (χ4n) is 1.76. The van der Waals surface area contributed by atoms with Crippen molar-refractivity contribution in [3.63, 3.8) is 0 Å². The Morgan fingerprint density at radius 1 is 1.35 bits per heavy atom. The van der Waals surface area contributed by atoms with Crippen molar-refractivity contribution < 1.29 is 8.95 Å². The molecular weight excluding hydrogens is 234 g/mol. The third-order valence-electron chi connectivity index (χ3n) is 3.00. The molecule has 1 aromatic rings. The molecule has 2 rings (SSSR count). The average molecular weight is 253 g/mol. The van der Waals surface area contributed by atoms with Crippen molar-refractivity contribution >= 4 is 9.73 Å². The summed E-state index contributed by atoms with van der Waals surface area (Å²) in [4.78, 5) is 0.786. The van der Waals surface area contributed by atoms with Gasteiger partial charge in [0.15, 0.2) is 0 Å². The van der Waals surface area contributed by atoms with Gasteiger partial charge >= 0.3 is 0 Å². The van der Waals surface area contributed by atoms with Crippen LogP contribution in [0, 0.1) is 12.8 Å². The largest absolute Gasteiger partial charge is 0.365 e. The standard InChI is InChI=1S/C13H19NO2S/c1-10(2)13-8-16-9-17(15,14-13)12-6-4-11(3)5-7-12/h4-7,10,13H,8-9H2,1-3H3/t13?,17-/m1/s1. The van der Waals surface area contributed by atoms with Crippen LogP contribution in [-0.4, -0.2) is 22.8 Å². The Hall–Kier alpha value is -0.870. The molecule has 0 radical (unpaired) electrons. The molecule has 1 aromatic carbocycles. The molecule has 0 spiro atoms. The summed E-state index contributed by atoms with van der Waals surface area (Å²) >= 11 is 0. The van der Waals surface area contributed by atoms with Gasteiger partial charge in [0, 0.05) is 4.90 Å². The van der Waals surface area contributed by atoms with Crippen molar-refractivity contribution in [3.05, 3.63) is 29.8 Å². The molecule has 4 heteroatoms. The topological polar surface area (TPSA) is 38.7 Å². The van der Waals surface area contributed by atoms with E-state index < -0.39 is 9.73 Å². The zero-order valence-electron chi connectivity index (χ0n) is 10.6. The van der Waals surface area contributed by atoms with E-state index in [0.29, 0.717) is 12.5 Å². The molecule has 1 aliphatic heterocycles. The molecule has 2 atom stereocenters. The first-order valence-electron chi connectivity index (χ1n) is 5.90. The van der Waals surface area contributed by atoms with E-state index >= 15 is 0 Å². The number of ether oxygens (including phenoxy) is 1. The van der Waals surface area contributed by atoms with Gasteiger partial charge in [0.1, 0.15) is 5.94 Å². The number of nitrogens with zero attached hydrogens (tertiary/aromatic N) is 1. The SMILES string of the molecule is Cc1ccc([S@@]2(=O)=NC(C(C)C)COC2)cc1. The van der Waals surface area contributed by atoms with Crippen molar-refractivity contribution in [1.82, 2.24) is 0 Å². The summed E-state index contributed by atoms with van der Waals surface area (Å²) in [7, 11) is -2.38. The van der Waals surface area contributed by atoms with Crippen molar-refractivity contribution in [2.45, 2.75) is 31.7 Å². The third-order valence-corrected chi connectivity index (χ3v) is 5.10. The van der Waals surface area contributed by atoms with Crippen LogP contribution in [0.2, 0.25) is 0 Å². The van der Waals surface area contributed by atoms with Crippen LogP contribution in [-0.2, 0) is 14.5 Å². The van der Waals surface area contributed by atoms with Crippen molar-refractivity contribution in [2.75, 3.05) is 12.5 Å². The molecule has 0 fully saturated rings. The lowest BCUT2D eigenvalue weighted by molar-refractivity contribution is 0.140. The van der Waals surface area contributed by atoms with Crippen LogP contribution in [0.4, 0.5) is 0 Å². The smallest absolute Gasteiger partial charge is 0.134 e. The van der Waals surface area contributed by atoms with Crippen molar-refractivity contribution in [2.24, 2.45) is 10.3 Å². The quantitative estimate of drug-likeness (QED) is 0.813. The predicted molar refractivity (Wildman–Crippen MR) is 69.5 cm³/mol. The highest BCUT2D eigenvalue weighted by Gasteiger charge is 2.24. The second-order valence-electron chi connectivity index (χ2n) is 4.86. The zero-order valence-corrected chi connectivity index (χ0v) is 11.4. The molecular formula is C13H19NO2S. The first-order chi connectivity index (χ1) is 8.01. The van der Waals surface area contributed by atoms with Gasteiger partial charge in [0.05, 0.1) is 22.4 Å². The minimum Gasteiger partial charge on any atom is -0.365 e. The number of hydrogen-bond acceptors (Lipinski definition) is 3. The van der Waals surface area contributed by atoms with E-state index in [1.807, 2.05) is 31.2 Å². The van der Waals surface area contributed by atoms with Crippen LogP contribution in [0.3, 0.4) is 0 Å². The molecule has 0 saturated heterocycles. The van der Waals surface area contributed by atoms with Crippen molar-refractivity contribution in [1.29, 1.82) is 0 Å². The van der Waals surface area contributed by atoms with Crippen LogP contribution in [0.25, 0.3) is 0 Å². The van der Waals surface area contributed by atoms with E-state index in [1.165, 1.54) is 0 Å². The van der Waals surface area contributed by atoms with E-state index in [-0.39, 0.29) is 12.0 Å². The maximum atomic E-state index is 12.7. The Morgan fingerprint density at radius 2 is 2.00 bits per heavy atom. The van der Waals surface area contributed by atoms with Crippen molar-refractivity contribution in [3.8, 4) is 0 Å². The third kappa shape index (κ3) is 2.69. The minimum absolute atomic E-state index is 0.0394. The highest BCUT2D eigenvalue weighted by atomic mass is 32.2. The number of aryl methyl sites for hydroxylation is 1. The fraction of sp³-hybridized carbons (Fsp3) is 0.538. The molecule has 0 amide bonds. The molecule has 3 nitrogen and oxygen atoms in total. The summed E-state index contributed by atoms with van der Waals surface area (Å²) in [5, 5.41) is 0. The van der Waals surface area contributed by atoms with E-state index in [1.54, 1.807) is 0 Å². The predicted octanol–water partition coefficient (Wildman–Crippen LogP) is 2.83. The van der Waals surface area contributed by atoms with E-state index in [9.17, 15) is 4.21 Å². The van der Waals surface area contributed by atoms with Crippen LogP contribution < -0.4 is 0 Å². The molecule has 0 bridgehead atoms. The first kappa shape index (κ1) is 12.6. The second kappa shape index (κ2) is 4.78. The van der Waals surface area contributed by atoms with E-state index in [2.05, 4.69) is 18.2 Å². The summed E-state index contributed by atoms with van der Waals surface area (Å²) in [6, 6.07) is 7.77. The van der Waals surface area contributed by atoms with E-state index in [4.69, 9.17) is 4.74 Å².